The van der Waals surface area contributed by atoms with Gasteiger partial charge in [-0.1, -0.05) is 11.6 Å². The summed E-state index contributed by atoms with van der Waals surface area (Å²) in [5.41, 5.74) is 0.396. The molecule has 1 aromatic rings. The molecule has 2 bridgehead atoms. The van der Waals surface area contributed by atoms with Crippen LogP contribution in [0.3, 0.4) is 0 Å². The molecule has 23 heavy (non-hydrogen) atoms. The van der Waals surface area contributed by atoms with Crippen LogP contribution in [0.2, 0.25) is 5.02 Å². The lowest BCUT2D eigenvalue weighted by Crippen LogP contribution is -2.43. The van der Waals surface area contributed by atoms with Gasteiger partial charge in [-0.25, -0.2) is 0 Å². The third-order valence-corrected chi connectivity index (χ3v) is 5.97. The van der Waals surface area contributed by atoms with Gasteiger partial charge in [-0.15, -0.1) is 0 Å². The first-order valence-corrected chi connectivity index (χ1v) is 8.53. The highest BCUT2D eigenvalue weighted by Crippen LogP contribution is 2.55. The minimum atomic E-state index is -0.415. The molecule has 2 N–H and O–H groups in total. The fourth-order valence-corrected chi connectivity index (χ4v) is 4.99. The highest BCUT2D eigenvalue weighted by molar-refractivity contribution is 6.32. The third-order valence-electron chi connectivity index (χ3n) is 5.68. The van der Waals surface area contributed by atoms with Gasteiger partial charge >= 0.3 is 0 Å². The Balaban J connectivity index is 1.65. The minimum absolute atomic E-state index is 0.0747. The van der Waals surface area contributed by atoms with Gasteiger partial charge in [0.1, 0.15) is 0 Å². The standard InChI is InChI=1S/C17H20ClNO4/c1-2-23-13-6-9(5-12(18)16(13)21)17(22)19-7-10-3-8-4-11(10)14(19)15(8)20/h5-6,8,10-11,14-15,20-21H,2-4,7H2,1H3. The third kappa shape index (κ3) is 2.13. The van der Waals surface area contributed by atoms with E-state index in [4.69, 9.17) is 16.3 Å². The smallest absolute Gasteiger partial charge is 0.254 e. The summed E-state index contributed by atoms with van der Waals surface area (Å²) < 4.78 is 5.35. The van der Waals surface area contributed by atoms with Gasteiger partial charge in [0.05, 0.1) is 23.8 Å². The first kappa shape index (κ1) is 15.1. The van der Waals surface area contributed by atoms with E-state index in [0.717, 1.165) is 12.8 Å². The van der Waals surface area contributed by atoms with Crippen LogP contribution in [-0.2, 0) is 0 Å². The number of likely N-dealkylation sites (tertiary alicyclic amines) is 1. The van der Waals surface area contributed by atoms with Crippen molar-refractivity contribution in [2.75, 3.05) is 13.2 Å². The van der Waals surface area contributed by atoms with Gasteiger partial charge in [0.2, 0.25) is 0 Å². The van der Waals surface area contributed by atoms with Gasteiger partial charge in [-0.2, -0.15) is 0 Å². The van der Waals surface area contributed by atoms with Crippen LogP contribution >= 0.6 is 11.6 Å². The normalized spacial score (nSPS) is 34.2. The quantitative estimate of drug-likeness (QED) is 0.887. The van der Waals surface area contributed by atoms with E-state index in [2.05, 4.69) is 0 Å². The summed E-state index contributed by atoms with van der Waals surface area (Å²) in [6, 6.07) is 2.93. The molecule has 2 saturated carbocycles. The van der Waals surface area contributed by atoms with Crippen molar-refractivity contribution in [2.24, 2.45) is 17.8 Å². The second kappa shape index (κ2) is 5.28. The Hall–Kier alpha value is -1.46. The fourth-order valence-electron chi connectivity index (χ4n) is 4.78. The van der Waals surface area contributed by atoms with E-state index in [0.29, 0.717) is 36.5 Å². The molecule has 1 aliphatic heterocycles. The van der Waals surface area contributed by atoms with Crippen LogP contribution in [0.5, 0.6) is 11.5 Å². The molecule has 1 saturated heterocycles. The van der Waals surface area contributed by atoms with E-state index >= 15 is 0 Å². The van der Waals surface area contributed by atoms with Crippen molar-refractivity contribution in [3.05, 3.63) is 22.7 Å². The SMILES string of the molecule is CCOc1cc(C(=O)N2CC3CC4CC3C2C4O)cc(Cl)c1O. The average molecular weight is 338 g/mol. The van der Waals surface area contributed by atoms with Crippen molar-refractivity contribution < 1.29 is 19.7 Å². The lowest BCUT2D eigenvalue weighted by atomic mass is 9.88. The van der Waals surface area contributed by atoms with E-state index in [1.807, 2.05) is 0 Å². The second-order valence-corrected chi connectivity index (χ2v) is 7.24. The number of rotatable bonds is 3. The van der Waals surface area contributed by atoms with Crippen LogP contribution in [-0.4, -0.2) is 46.3 Å². The lowest BCUT2D eigenvalue weighted by Gasteiger charge is -2.29. The minimum Gasteiger partial charge on any atom is -0.503 e. The number of aliphatic hydroxyl groups is 1. The zero-order valence-electron chi connectivity index (χ0n) is 12.9. The molecule has 0 radical (unpaired) electrons. The van der Waals surface area contributed by atoms with Gasteiger partial charge < -0.3 is 19.8 Å². The summed E-state index contributed by atoms with van der Waals surface area (Å²) in [7, 11) is 0. The summed E-state index contributed by atoms with van der Waals surface area (Å²) in [5.74, 6) is 1.21. The van der Waals surface area contributed by atoms with Gasteiger partial charge in [0.25, 0.3) is 5.91 Å². The summed E-state index contributed by atoms with van der Waals surface area (Å²) in [6.45, 7) is 2.87. The average Bonchev–Trinajstić information content (AvgIpc) is 3.13. The molecule has 3 fully saturated rings. The van der Waals surface area contributed by atoms with Crippen molar-refractivity contribution in [1.29, 1.82) is 0 Å². The maximum Gasteiger partial charge on any atom is 0.254 e. The number of fused-ring (bicyclic) bond motifs is 1. The van der Waals surface area contributed by atoms with Crippen LogP contribution in [0, 0.1) is 17.8 Å². The summed E-state index contributed by atoms with van der Waals surface area (Å²) >= 11 is 6.03. The predicted octanol–water partition coefficient (Wildman–Crippen LogP) is 2.29. The number of ether oxygens (including phenoxy) is 1. The predicted molar refractivity (Wildman–Crippen MR) is 84.8 cm³/mol. The summed E-state index contributed by atoms with van der Waals surface area (Å²) in [4.78, 5) is 14.7. The Morgan fingerprint density at radius 3 is 2.87 bits per heavy atom. The number of aromatic hydroxyl groups is 1. The maximum absolute atomic E-state index is 12.9. The topological polar surface area (TPSA) is 70.0 Å². The largest absolute Gasteiger partial charge is 0.503 e. The molecule has 0 spiro atoms. The zero-order chi connectivity index (χ0) is 16.3. The van der Waals surface area contributed by atoms with E-state index in [9.17, 15) is 15.0 Å². The first-order valence-electron chi connectivity index (χ1n) is 8.15. The fraction of sp³-hybridized carbons (Fsp3) is 0.588. The van der Waals surface area contributed by atoms with Crippen molar-refractivity contribution in [2.45, 2.75) is 31.9 Å². The Morgan fingerprint density at radius 2 is 2.17 bits per heavy atom. The van der Waals surface area contributed by atoms with Crippen molar-refractivity contribution >= 4 is 17.5 Å². The number of amides is 1. The van der Waals surface area contributed by atoms with Gasteiger partial charge in [-0.05, 0) is 49.7 Å². The van der Waals surface area contributed by atoms with Crippen LogP contribution in [0.4, 0.5) is 0 Å². The van der Waals surface area contributed by atoms with Crippen molar-refractivity contribution in [3.8, 4) is 11.5 Å². The van der Waals surface area contributed by atoms with Crippen LogP contribution < -0.4 is 4.74 Å². The highest BCUT2D eigenvalue weighted by atomic mass is 35.5. The maximum atomic E-state index is 12.9. The summed E-state index contributed by atoms with van der Waals surface area (Å²) in [5, 5.41) is 20.4. The number of aliphatic hydroxyl groups excluding tert-OH is 1. The van der Waals surface area contributed by atoms with Crippen LogP contribution in [0.15, 0.2) is 12.1 Å². The Bertz CT molecular complexity index is 662. The van der Waals surface area contributed by atoms with Gasteiger partial charge in [0, 0.05) is 12.1 Å². The molecule has 6 heteroatoms. The molecular weight excluding hydrogens is 318 g/mol. The molecule has 1 amide bonds. The first-order chi connectivity index (χ1) is 11.0. The number of nitrogens with zero attached hydrogens (tertiary/aromatic N) is 1. The van der Waals surface area contributed by atoms with Crippen LogP contribution in [0.25, 0.3) is 0 Å². The molecule has 1 heterocycles. The number of phenols is 1. The number of carbonyl (C=O) groups is 1. The molecule has 2 aliphatic carbocycles. The molecule has 0 aromatic heterocycles. The second-order valence-electron chi connectivity index (χ2n) is 6.83. The molecule has 124 valence electrons. The zero-order valence-corrected chi connectivity index (χ0v) is 13.7. The Kier molecular flexibility index (Phi) is 3.46. The lowest BCUT2D eigenvalue weighted by molar-refractivity contribution is 0.0401. The van der Waals surface area contributed by atoms with E-state index in [1.54, 1.807) is 11.8 Å². The Morgan fingerprint density at radius 1 is 1.39 bits per heavy atom. The number of carbonyl (C=O) groups excluding carboxylic acids is 1. The van der Waals surface area contributed by atoms with Crippen LogP contribution in [0.1, 0.15) is 30.1 Å². The molecule has 5 atom stereocenters. The molecule has 1 aromatic carbocycles. The number of benzene rings is 1. The van der Waals surface area contributed by atoms with E-state index in [-0.39, 0.29) is 28.5 Å². The molecule has 3 aliphatic rings. The van der Waals surface area contributed by atoms with Gasteiger partial charge in [0.15, 0.2) is 11.5 Å². The summed E-state index contributed by atoms with van der Waals surface area (Å²) in [6.07, 6.45) is 1.63. The number of halogens is 1. The highest BCUT2D eigenvalue weighted by Gasteiger charge is 2.59. The molecule has 5 nitrogen and oxygen atoms in total. The number of hydrogen-bond donors (Lipinski definition) is 2. The molecule has 4 rings (SSSR count). The molecular formula is C17H20ClNO4. The molecule has 5 unspecified atom stereocenters. The van der Waals surface area contributed by atoms with Crippen molar-refractivity contribution in [1.82, 2.24) is 4.90 Å². The monoisotopic (exact) mass is 337 g/mol. The van der Waals surface area contributed by atoms with E-state index < -0.39 is 6.10 Å². The van der Waals surface area contributed by atoms with E-state index in [1.165, 1.54) is 12.1 Å². The van der Waals surface area contributed by atoms with Crippen molar-refractivity contribution in [3.63, 3.8) is 0 Å². The van der Waals surface area contributed by atoms with Gasteiger partial charge in [-0.3, -0.25) is 4.79 Å². The number of phenolic OH excluding ortho intramolecular Hbond substituents is 1. The Labute approximate surface area is 139 Å². The number of hydrogen-bond acceptors (Lipinski definition) is 4.